The van der Waals surface area contributed by atoms with Crippen LogP contribution in [0.3, 0.4) is 0 Å². The first-order chi connectivity index (χ1) is 11.6. The molecule has 3 rings (SSSR count). The molecule has 2 amide bonds. The lowest BCUT2D eigenvalue weighted by Crippen LogP contribution is -2.48. The maximum atomic E-state index is 12.2. The molecule has 0 spiro atoms. The van der Waals surface area contributed by atoms with Gasteiger partial charge in [-0.25, -0.2) is 0 Å². The van der Waals surface area contributed by atoms with Gasteiger partial charge in [-0.3, -0.25) is 9.59 Å². The van der Waals surface area contributed by atoms with Crippen LogP contribution >= 0.6 is 0 Å². The number of hydrogen-bond donors (Lipinski definition) is 2. The van der Waals surface area contributed by atoms with Crippen molar-refractivity contribution in [1.82, 2.24) is 10.2 Å². The second-order valence-electron chi connectivity index (χ2n) is 6.56. The molecule has 1 aromatic rings. The zero-order valence-corrected chi connectivity index (χ0v) is 14.1. The van der Waals surface area contributed by atoms with Crippen molar-refractivity contribution in [1.29, 1.82) is 0 Å². The lowest BCUT2D eigenvalue weighted by molar-refractivity contribution is -0.134. The zero-order chi connectivity index (χ0) is 16.9. The van der Waals surface area contributed by atoms with Gasteiger partial charge in [-0.1, -0.05) is 19.1 Å². The number of morpholine rings is 1. The van der Waals surface area contributed by atoms with E-state index >= 15 is 0 Å². The summed E-state index contributed by atoms with van der Waals surface area (Å²) in [6.07, 6.45) is 0.387. The zero-order valence-electron chi connectivity index (χ0n) is 14.1. The van der Waals surface area contributed by atoms with Crippen molar-refractivity contribution >= 4 is 17.5 Å². The van der Waals surface area contributed by atoms with Crippen LogP contribution in [0.5, 0.6) is 0 Å². The van der Waals surface area contributed by atoms with Crippen LogP contribution < -0.4 is 10.6 Å². The van der Waals surface area contributed by atoms with Crippen LogP contribution in [0.25, 0.3) is 0 Å². The van der Waals surface area contributed by atoms with Crippen molar-refractivity contribution in [3.63, 3.8) is 0 Å². The summed E-state index contributed by atoms with van der Waals surface area (Å²) in [4.78, 5) is 26.3. The maximum Gasteiger partial charge on any atom is 0.227 e. The van der Waals surface area contributed by atoms with Gasteiger partial charge in [0.05, 0.1) is 19.6 Å². The van der Waals surface area contributed by atoms with Gasteiger partial charge in [0.1, 0.15) is 0 Å². The molecule has 2 saturated heterocycles. The quantitative estimate of drug-likeness (QED) is 0.840. The highest BCUT2D eigenvalue weighted by Gasteiger charge is 2.28. The summed E-state index contributed by atoms with van der Waals surface area (Å²) in [7, 11) is 0. The number of carbonyl (C=O) groups is 2. The molecule has 0 aliphatic carbocycles. The molecule has 2 heterocycles. The van der Waals surface area contributed by atoms with Gasteiger partial charge in [0.25, 0.3) is 0 Å². The van der Waals surface area contributed by atoms with Crippen molar-refractivity contribution in [3.8, 4) is 0 Å². The van der Waals surface area contributed by atoms with Crippen LogP contribution in [0.1, 0.15) is 12.5 Å². The van der Waals surface area contributed by atoms with Gasteiger partial charge in [0.2, 0.25) is 11.8 Å². The van der Waals surface area contributed by atoms with Crippen molar-refractivity contribution in [2.24, 2.45) is 11.8 Å². The Morgan fingerprint density at radius 3 is 2.50 bits per heavy atom. The molecule has 6 heteroatoms. The molecule has 1 aromatic carbocycles. The smallest absolute Gasteiger partial charge is 0.227 e. The lowest BCUT2D eigenvalue weighted by atomic mass is 9.88. The van der Waals surface area contributed by atoms with Crippen molar-refractivity contribution < 1.29 is 14.3 Å². The Balaban J connectivity index is 1.51. The molecule has 0 saturated carbocycles. The number of nitrogens with one attached hydrogen (secondary N) is 2. The van der Waals surface area contributed by atoms with E-state index in [0.717, 1.165) is 24.3 Å². The van der Waals surface area contributed by atoms with E-state index in [1.165, 1.54) is 0 Å². The summed E-state index contributed by atoms with van der Waals surface area (Å²) in [5.41, 5.74) is 1.74. The molecule has 2 N–H and O–H groups in total. The van der Waals surface area contributed by atoms with Crippen molar-refractivity contribution in [2.45, 2.75) is 13.3 Å². The molecule has 0 bridgehead atoms. The maximum absolute atomic E-state index is 12.2. The highest BCUT2D eigenvalue weighted by molar-refractivity contribution is 5.92. The van der Waals surface area contributed by atoms with Gasteiger partial charge >= 0.3 is 0 Å². The molecule has 1 unspecified atom stereocenters. The monoisotopic (exact) mass is 331 g/mol. The third kappa shape index (κ3) is 4.13. The summed E-state index contributed by atoms with van der Waals surface area (Å²) in [5.74, 6) is 0.615. The second kappa shape index (κ2) is 7.77. The molecule has 1 atom stereocenters. The Morgan fingerprint density at radius 1 is 1.25 bits per heavy atom. The number of carbonyl (C=O) groups excluding carboxylic acids is 2. The van der Waals surface area contributed by atoms with Crippen LogP contribution in [0.2, 0.25) is 0 Å². The average molecular weight is 331 g/mol. The van der Waals surface area contributed by atoms with E-state index in [0.29, 0.717) is 38.6 Å². The fourth-order valence-corrected chi connectivity index (χ4v) is 2.94. The predicted molar refractivity (Wildman–Crippen MR) is 91.7 cm³/mol. The van der Waals surface area contributed by atoms with Gasteiger partial charge in [-0.05, 0) is 36.7 Å². The second-order valence-corrected chi connectivity index (χ2v) is 6.56. The van der Waals surface area contributed by atoms with E-state index in [-0.39, 0.29) is 17.7 Å². The fourth-order valence-electron chi connectivity index (χ4n) is 2.94. The van der Waals surface area contributed by atoms with E-state index < -0.39 is 0 Å². The highest BCUT2D eigenvalue weighted by Crippen LogP contribution is 2.19. The number of ether oxygens (including phenoxy) is 1. The number of anilines is 1. The van der Waals surface area contributed by atoms with E-state index in [9.17, 15) is 9.59 Å². The third-order valence-corrected chi connectivity index (χ3v) is 4.87. The first kappa shape index (κ1) is 16.9. The first-order valence-electron chi connectivity index (χ1n) is 8.59. The van der Waals surface area contributed by atoms with Crippen LogP contribution in [0.15, 0.2) is 24.3 Å². The van der Waals surface area contributed by atoms with Crippen LogP contribution in [-0.2, 0) is 20.7 Å². The van der Waals surface area contributed by atoms with E-state index in [2.05, 4.69) is 10.6 Å². The molecule has 6 nitrogen and oxygen atoms in total. The molecule has 2 aliphatic heterocycles. The average Bonchev–Trinajstić information content (AvgIpc) is 2.55. The predicted octanol–water partition coefficient (Wildman–Crippen LogP) is 0.882. The van der Waals surface area contributed by atoms with Crippen LogP contribution in [0.4, 0.5) is 5.69 Å². The van der Waals surface area contributed by atoms with Crippen LogP contribution in [0, 0.1) is 11.8 Å². The molecular weight excluding hydrogens is 306 g/mol. The van der Waals surface area contributed by atoms with E-state index in [1.54, 1.807) is 0 Å². The van der Waals surface area contributed by atoms with Crippen LogP contribution in [-0.4, -0.2) is 56.1 Å². The van der Waals surface area contributed by atoms with Gasteiger partial charge in [0.15, 0.2) is 0 Å². The first-order valence-corrected chi connectivity index (χ1v) is 8.59. The molecule has 130 valence electrons. The van der Waals surface area contributed by atoms with Crippen molar-refractivity contribution in [2.75, 3.05) is 44.7 Å². The molecule has 2 fully saturated rings. The topological polar surface area (TPSA) is 70.7 Å². The Kier molecular flexibility index (Phi) is 5.48. The fraction of sp³-hybridized carbons (Fsp3) is 0.556. The molecule has 24 heavy (non-hydrogen) atoms. The minimum atomic E-state index is 0.00817. The van der Waals surface area contributed by atoms with E-state index in [1.807, 2.05) is 36.1 Å². The van der Waals surface area contributed by atoms with Gasteiger partial charge < -0.3 is 20.3 Å². The Labute approximate surface area is 142 Å². The summed E-state index contributed by atoms with van der Waals surface area (Å²) in [6, 6.07) is 7.55. The standard InChI is InChI=1S/C18H25N3O3/c1-13(15-11-19-12-15)18(23)20-16-4-2-14(3-5-16)10-17(22)21-6-8-24-9-7-21/h2-5,13,15,19H,6-12H2,1H3,(H,20,23). The lowest BCUT2D eigenvalue weighted by Gasteiger charge is -2.31. The minimum absolute atomic E-state index is 0.00817. The molecular formula is C18H25N3O3. The number of benzene rings is 1. The minimum Gasteiger partial charge on any atom is -0.378 e. The number of rotatable bonds is 5. The number of nitrogens with zero attached hydrogens (tertiary/aromatic N) is 1. The Bertz CT molecular complexity index is 543. The third-order valence-electron chi connectivity index (χ3n) is 4.87. The number of amides is 2. The summed E-state index contributed by atoms with van der Waals surface area (Å²) in [5, 5.41) is 6.15. The van der Waals surface area contributed by atoms with Gasteiger partial charge in [-0.2, -0.15) is 0 Å². The number of hydrogen-bond acceptors (Lipinski definition) is 4. The van der Waals surface area contributed by atoms with E-state index in [4.69, 9.17) is 4.74 Å². The SMILES string of the molecule is CC(C(=O)Nc1ccc(CC(=O)N2CCOCC2)cc1)C1CNC1. The van der Waals surface area contributed by atoms with Gasteiger partial charge in [0, 0.05) is 24.7 Å². The van der Waals surface area contributed by atoms with Crippen molar-refractivity contribution in [3.05, 3.63) is 29.8 Å². The Morgan fingerprint density at radius 2 is 1.92 bits per heavy atom. The summed E-state index contributed by atoms with van der Waals surface area (Å²) in [6.45, 7) is 6.36. The normalized spacial score (nSPS) is 19.5. The Hall–Kier alpha value is -1.92. The largest absolute Gasteiger partial charge is 0.378 e. The van der Waals surface area contributed by atoms with Gasteiger partial charge in [-0.15, -0.1) is 0 Å². The summed E-state index contributed by atoms with van der Waals surface area (Å²) >= 11 is 0. The molecule has 0 radical (unpaired) electrons. The highest BCUT2D eigenvalue weighted by atomic mass is 16.5. The summed E-state index contributed by atoms with van der Waals surface area (Å²) < 4.78 is 5.26. The molecule has 2 aliphatic rings. The molecule has 0 aromatic heterocycles.